The summed E-state index contributed by atoms with van der Waals surface area (Å²) in [5.41, 5.74) is 2.84. The molecule has 1 saturated carbocycles. The summed E-state index contributed by atoms with van der Waals surface area (Å²) in [7, 11) is -3.82. The van der Waals surface area contributed by atoms with Gasteiger partial charge in [0.2, 0.25) is 0 Å². The Labute approximate surface area is 194 Å². The van der Waals surface area contributed by atoms with Crippen molar-refractivity contribution in [2.45, 2.75) is 37.5 Å². The molecular formula is C23H28N4O5S. The molecule has 0 bridgehead atoms. The van der Waals surface area contributed by atoms with Crippen LogP contribution in [-0.4, -0.2) is 77.1 Å². The van der Waals surface area contributed by atoms with E-state index >= 15 is 0 Å². The zero-order valence-corrected chi connectivity index (χ0v) is 19.6. The van der Waals surface area contributed by atoms with Crippen molar-refractivity contribution in [2.24, 2.45) is 11.8 Å². The van der Waals surface area contributed by atoms with Gasteiger partial charge in [0.1, 0.15) is 0 Å². The fourth-order valence-electron chi connectivity index (χ4n) is 4.12. The Hall–Kier alpha value is -2.79. The molecule has 1 atom stereocenters. The van der Waals surface area contributed by atoms with Gasteiger partial charge >= 0.3 is 6.03 Å². The number of hydrogen-bond donors (Lipinski definition) is 2. The number of likely N-dealkylation sites (tertiary alicyclic amines) is 1. The molecule has 176 valence electrons. The number of aromatic nitrogens is 1. The topological polar surface area (TPSA) is 112 Å². The second-order valence-electron chi connectivity index (χ2n) is 9.37. The van der Waals surface area contributed by atoms with E-state index in [1.165, 1.54) is 41.3 Å². The van der Waals surface area contributed by atoms with Crippen LogP contribution >= 0.6 is 0 Å². The van der Waals surface area contributed by atoms with Crippen LogP contribution in [0.15, 0.2) is 12.3 Å². The van der Waals surface area contributed by atoms with Crippen molar-refractivity contribution >= 4 is 21.8 Å². The van der Waals surface area contributed by atoms with Crippen LogP contribution in [0, 0.1) is 35.5 Å². The number of rotatable bonds is 7. The third-order valence-electron chi connectivity index (χ3n) is 6.70. The van der Waals surface area contributed by atoms with Crippen LogP contribution in [0.4, 0.5) is 4.79 Å². The van der Waals surface area contributed by atoms with Crippen LogP contribution in [0.3, 0.4) is 0 Å². The van der Waals surface area contributed by atoms with Gasteiger partial charge in [0, 0.05) is 55.8 Å². The summed E-state index contributed by atoms with van der Waals surface area (Å²) < 4.78 is 23.8. The van der Waals surface area contributed by atoms with E-state index < -0.39 is 20.5 Å². The summed E-state index contributed by atoms with van der Waals surface area (Å²) in [6.45, 7) is 4.81. The molecule has 1 aromatic heterocycles. The Morgan fingerprint density at radius 2 is 2.03 bits per heavy atom. The van der Waals surface area contributed by atoms with Crippen molar-refractivity contribution in [1.29, 1.82) is 0 Å². The van der Waals surface area contributed by atoms with E-state index in [0.717, 1.165) is 31.0 Å². The van der Waals surface area contributed by atoms with Gasteiger partial charge in [0.05, 0.1) is 6.54 Å². The lowest BCUT2D eigenvalue weighted by Gasteiger charge is -2.36. The van der Waals surface area contributed by atoms with Gasteiger partial charge in [0.25, 0.3) is 5.91 Å². The quantitative estimate of drug-likeness (QED) is 0.343. The average molecular weight is 473 g/mol. The SMILES string of the molecule is C[C@@](CCN1Cc2cc(C#CC#CC3CN(CC4CC4)C3)cn2C1=O)(C(=O)NO)S(C)(=O)=O. The van der Waals surface area contributed by atoms with E-state index in [-0.39, 0.29) is 25.5 Å². The Balaban J connectivity index is 1.31. The molecule has 0 unspecified atom stereocenters. The first-order chi connectivity index (χ1) is 15.6. The molecule has 33 heavy (non-hydrogen) atoms. The van der Waals surface area contributed by atoms with Gasteiger partial charge in [-0.3, -0.25) is 14.6 Å². The number of amides is 2. The Kier molecular flexibility index (Phi) is 6.28. The fraction of sp³-hybridized carbons (Fsp3) is 0.565. The molecule has 2 amide bonds. The smallest absolute Gasteiger partial charge is 0.318 e. The molecule has 0 radical (unpaired) electrons. The minimum absolute atomic E-state index is 0.0448. The summed E-state index contributed by atoms with van der Waals surface area (Å²) in [5, 5.41) is 8.93. The van der Waals surface area contributed by atoms with Crippen molar-refractivity contribution in [2.75, 3.05) is 32.4 Å². The van der Waals surface area contributed by atoms with E-state index in [9.17, 15) is 18.0 Å². The molecule has 3 heterocycles. The summed E-state index contributed by atoms with van der Waals surface area (Å²) >= 11 is 0. The van der Waals surface area contributed by atoms with Crippen LogP contribution in [0.2, 0.25) is 0 Å². The van der Waals surface area contributed by atoms with Gasteiger partial charge < -0.3 is 9.80 Å². The zero-order valence-electron chi connectivity index (χ0n) is 18.8. The minimum atomic E-state index is -3.82. The molecular weight excluding hydrogens is 444 g/mol. The number of nitrogens with zero attached hydrogens (tertiary/aromatic N) is 3. The van der Waals surface area contributed by atoms with Crippen molar-refractivity contribution in [3.63, 3.8) is 0 Å². The number of sulfone groups is 1. The lowest BCUT2D eigenvalue weighted by molar-refractivity contribution is -0.131. The first-order valence-corrected chi connectivity index (χ1v) is 12.9. The molecule has 2 aliphatic heterocycles. The zero-order chi connectivity index (χ0) is 23.8. The maximum absolute atomic E-state index is 12.7. The normalized spacial score (nSPS) is 20.1. The highest BCUT2D eigenvalue weighted by Gasteiger charge is 2.44. The molecule has 4 rings (SSSR count). The number of fused-ring (bicyclic) bond motifs is 1. The maximum Gasteiger partial charge on any atom is 0.328 e. The predicted molar refractivity (Wildman–Crippen MR) is 121 cm³/mol. The molecule has 3 aliphatic rings. The fourth-order valence-corrected chi connectivity index (χ4v) is 4.96. The van der Waals surface area contributed by atoms with E-state index in [1.54, 1.807) is 6.20 Å². The standard InChI is InChI=1S/C23H28N4O5S/c1-23(21(28)24-30,33(2,31)32)9-10-26-16-20-11-18(15-27(20)22(26)29)5-3-4-6-19-13-25(14-19)12-17-7-8-17/h11,15,17,19,30H,7-10,12-14,16H2,1-2H3,(H,24,28)/t23-/m1/s1. The Morgan fingerprint density at radius 1 is 1.30 bits per heavy atom. The van der Waals surface area contributed by atoms with Gasteiger partial charge in [-0.25, -0.2) is 18.7 Å². The molecule has 2 fully saturated rings. The van der Waals surface area contributed by atoms with Gasteiger partial charge in [-0.1, -0.05) is 11.8 Å². The van der Waals surface area contributed by atoms with Crippen molar-refractivity contribution in [1.82, 2.24) is 19.8 Å². The molecule has 1 aromatic rings. The molecule has 10 heteroatoms. The van der Waals surface area contributed by atoms with Crippen molar-refractivity contribution in [3.8, 4) is 23.7 Å². The highest BCUT2D eigenvalue weighted by atomic mass is 32.2. The van der Waals surface area contributed by atoms with Crippen LogP contribution in [0.1, 0.15) is 37.4 Å². The monoisotopic (exact) mass is 472 g/mol. The predicted octanol–water partition coefficient (Wildman–Crippen LogP) is 0.667. The Morgan fingerprint density at radius 3 is 2.64 bits per heavy atom. The second-order valence-corrected chi connectivity index (χ2v) is 11.8. The minimum Gasteiger partial charge on any atom is -0.318 e. The van der Waals surface area contributed by atoms with Crippen LogP contribution in [0.5, 0.6) is 0 Å². The molecule has 9 nitrogen and oxygen atoms in total. The summed E-state index contributed by atoms with van der Waals surface area (Å²) in [5.74, 6) is 12.2. The highest BCUT2D eigenvalue weighted by molar-refractivity contribution is 7.92. The number of nitrogens with one attached hydrogen (secondary N) is 1. The summed E-state index contributed by atoms with van der Waals surface area (Å²) in [6.07, 6.45) is 5.16. The first-order valence-electron chi connectivity index (χ1n) is 11.0. The molecule has 2 N–H and O–H groups in total. The van der Waals surface area contributed by atoms with Crippen molar-refractivity contribution < 1.29 is 23.2 Å². The van der Waals surface area contributed by atoms with Crippen LogP contribution in [0.25, 0.3) is 0 Å². The molecule has 0 aromatic carbocycles. The van der Waals surface area contributed by atoms with Gasteiger partial charge in [-0.05, 0) is 50.0 Å². The van der Waals surface area contributed by atoms with Gasteiger partial charge in [-0.2, -0.15) is 0 Å². The van der Waals surface area contributed by atoms with E-state index in [0.29, 0.717) is 11.5 Å². The van der Waals surface area contributed by atoms with Gasteiger partial charge in [0.15, 0.2) is 14.6 Å². The highest BCUT2D eigenvalue weighted by Crippen LogP contribution is 2.31. The third kappa shape index (κ3) is 4.93. The number of hydrogen-bond acceptors (Lipinski definition) is 6. The summed E-state index contributed by atoms with van der Waals surface area (Å²) in [4.78, 5) is 28.6. The van der Waals surface area contributed by atoms with Gasteiger partial charge in [-0.15, -0.1) is 0 Å². The Bertz CT molecular complexity index is 1190. The van der Waals surface area contributed by atoms with Crippen molar-refractivity contribution in [3.05, 3.63) is 23.5 Å². The third-order valence-corrected chi connectivity index (χ3v) is 8.73. The number of hydroxylamine groups is 1. The molecule has 0 spiro atoms. The molecule has 1 saturated heterocycles. The lowest BCUT2D eigenvalue weighted by Crippen LogP contribution is -2.50. The van der Waals surface area contributed by atoms with Crippen LogP contribution in [-0.2, 0) is 21.2 Å². The second kappa shape index (κ2) is 8.86. The maximum atomic E-state index is 12.7. The first kappa shape index (κ1) is 23.4. The van der Waals surface area contributed by atoms with E-state index in [1.807, 2.05) is 6.07 Å². The largest absolute Gasteiger partial charge is 0.328 e. The van der Waals surface area contributed by atoms with E-state index in [4.69, 9.17) is 5.21 Å². The molecule has 1 aliphatic carbocycles. The number of carbonyl (C=O) groups is 2. The lowest BCUT2D eigenvalue weighted by atomic mass is 10.0. The average Bonchev–Trinajstić information content (AvgIpc) is 3.40. The van der Waals surface area contributed by atoms with Crippen LogP contribution < -0.4 is 5.48 Å². The number of carbonyl (C=O) groups excluding carboxylic acids is 2. The summed E-state index contributed by atoms with van der Waals surface area (Å²) in [6, 6.07) is 1.50. The van der Waals surface area contributed by atoms with E-state index in [2.05, 4.69) is 28.6 Å².